The molecule has 3 aromatic rings. The minimum atomic E-state index is 0.561. The molecule has 98 valence electrons. The lowest BCUT2D eigenvalue weighted by molar-refractivity contribution is 0.619. The molecule has 0 saturated carbocycles. The van der Waals surface area contributed by atoms with E-state index in [9.17, 15) is 0 Å². The SMILES string of the molecule is c1ccc2c(c1)CCCC2c1cccc2ccccc12. The molecule has 1 aliphatic carbocycles. The molecule has 0 spiro atoms. The predicted octanol–water partition coefficient (Wildman–Crippen LogP) is 5.31. The zero-order valence-corrected chi connectivity index (χ0v) is 11.5. The second-order valence-corrected chi connectivity index (χ2v) is 5.71. The maximum absolute atomic E-state index is 2.32. The lowest BCUT2D eigenvalue weighted by atomic mass is 9.77. The van der Waals surface area contributed by atoms with E-state index in [2.05, 4.69) is 66.7 Å². The molecule has 0 aromatic heterocycles. The van der Waals surface area contributed by atoms with Gasteiger partial charge in [0.15, 0.2) is 0 Å². The van der Waals surface area contributed by atoms with Gasteiger partial charge < -0.3 is 0 Å². The summed E-state index contributed by atoms with van der Waals surface area (Å²) in [5, 5.41) is 2.77. The first-order valence-corrected chi connectivity index (χ1v) is 7.49. The van der Waals surface area contributed by atoms with Gasteiger partial charge in [-0.05, 0) is 46.7 Å². The quantitative estimate of drug-likeness (QED) is 0.555. The molecule has 20 heavy (non-hydrogen) atoms. The lowest BCUT2D eigenvalue weighted by Crippen LogP contribution is -2.11. The van der Waals surface area contributed by atoms with E-state index in [1.54, 1.807) is 0 Å². The van der Waals surface area contributed by atoms with E-state index in [1.807, 2.05) is 0 Å². The number of aryl methyl sites for hydroxylation is 1. The average Bonchev–Trinajstić information content (AvgIpc) is 2.54. The van der Waals surface area contributed by atoms with Gasteiger partial charge >= 0.3 is 0 Å². The molecule has 0 radical (unpaired) electrons. The largest absolute Gasteiger partial charge is 0.0620 e. The van der Waals surface area contributed by atoms with Crippen LogP contribution in [0.2, 0.25) is 0 Å². The maximum atomic E-state index is 2.32. The smallest absolute Gasteiger partial charge is 0.00983 e. The van der Waals surface area contributed by atoms with Crippen LogP contribution in [0.1, 0.15) is 35.4 Å². The molecule has 0 nitrogen and oxygen atoms in total. The third-order valence-corrected chi connectivity index (χ3v) is 4.57. The van der Waals surface area contributed by atoms with Crippen LogP contribution in [0.15, 0.2) is 66.7 Å². The van der Waals surface area contributed by atoms with Crippen molar-refractivity contribution in [3.05, 3.63) is 83.4 Å². The fourth-order valence-corrected chi connectivity index (χ4v) is 3.63. The molecule has 0 heteroatoms. The molecule has 0 amide bonds. The van der Waals surface area contributed by atoms with Crippen LogP contribution in [0, 0.1) is 0 Å². The fraction of sp³-hybridized carbons (Fsp3) is 0.200. The zero-order chi connectivity index (χ0) is 13.4. The molecule has 0 bridgehead atoms. The van der Waals surface area contributed by atoms with Crippen molar-refractivity contribution >= 4 is 10.8 Å². The van der Waals surface area contributed by atoms with Gasteiger partial charge in [0.25, 0.3) is 0 Å². The standard InChI is InChI=1S/C20H18/c1-3-11-17-15(7-1)9-5-13-19(17)20-14-6-10-16-8-2-4-12-18(16)20/h1-5,7-9,11-13,20H,6,10,14H2. The summed E-state index contributed by atoms with van der Waals surface area (Å²) in [6, 6.07) is 24.5. The van der Waals surface area contributed by atoms with Crippen molar-refractivity contribution in [3.8, 4) is 0 Å². The third kappa shape index (κ3) is 1.84. The molecular weight excluding hydrogens is 240 g/mol. The van der Waals surface area contributed by atoms with Crippen LogP contribution in [0.4, 0.5) is 0 Å². The van der Waals surface area contributed by atoms with Crippen LogP contribution < -0.4 is 0 Å². The summed E-state index contributed by atoms with van der Waals surface area (Å²) in [6.45, 7) is 0. The molecule has 1 atom stereocenters. The second kappa shape index (κ2) is 4.79. The topological polar surface area (TPSA) is 0 Å². The van der Waals surface area contributed by atoms with Gasteiger partial charge in [0.05, 0.1) is 0 Å². The van der Waals surface area contributed by atoms with Gasteiger partial charge in [-0.2, -0.15) is 0 Å². The van der Waals surface area contributed by atoms with Crippen molar-refractivity contribution in [1.29, 1.82) is 0 Å². The Kier molecular flexibility index (Phi) is 2.81. The molecule has 0 aliphatic heterocycles. The molecule has 0 saturated heterocycles. The van der Waals surface area contributed by atoms with Crippen LogP contribution in [0.5, 0.6) is 0 Å². The van der Waals surface area contributed by atoms with E-state index in [1.165, 1.54) is 46.7 Å². The van der Waals surface area contributed by atoms with Crippen molar-refractivity contribution in [2.75, 3.05) is 0 Å². The summed E-state index contributed by atoms with van der Waals surface area (Å²) in [4.78, 5) is 0. The summed E-state index contributed by atoms with van der Waals surface area (Å²) in [6.07, 6.45) is 3.80. The first kappa shape index (κ1) is 11.7. The van der Waals surface area contributed by atoms with Crippen molar-refractivity contribution < 1.29 is 0 Å². The van der Waals surface area contributed by atoms with Gasteiger partial charge in [-0.3, -0.25) is 0 Å². The second-order valence-electron chi connectivity index (χ2n) is 5.71. The van der Waals surface area contributed by atoms with Crippen molar-refractivity contribution in [3.63, 3.8) is 0 Å². The predicted molar refractivity (Wildman–Crippen MR) is 85.2 cm³/mol. The summed E-state index contributed by atoms with van der Waals surface area (Å²) < 4.78 is 0. The molecular formula is C20H18. The zero-order valence-electron chi connectivity index (χ0n) is 11.5. The van der Waals surface area contributed by atoms with E-state index in [0.29, 0.717) is 5.92 Å². The van der Waals surface area contributed by atoms with Crippen molar-refractivity contribution in [2.45, 2.75) is 25.2 Å². The Morgan fingerprint density at radius 1 is 0.700 bits per heavy atom. The highest BCUT2D eigenvalue weighted by atomic mass is 14.3. The molecule has 1 aliphatic rings. The average molecular weight is 258 g/mol. The molecule has 0 N–H and O–H groups in total. The van der Waals surface area contributed by atoms with Gasteiger partial charge in [0.1, 0.15) is 0 Å². The molecule has 0 heterocycles. The minimum Gasteiger partial charge on any atom is -0.0620 e. The number of hydrogen-bond donors (Lipinski definition) is 0. The molecule has 4 rings (SSSR count). The third-order valence-electron chi connectivity index (χ3n) is 4.57. The van der Waals surface area contributed by atoms with E-state index in [4.69, 9.17) is 0 Å². The van der Waals surface area contributed by atoms with Gasteiger partial charge in [-0.1, -0.05) is 66.7 Å². The summed E-state index contributed by atoms with van der Waals surface area (Å²) in [5.74, 6) is 0.561. The van der Waals surface area contributed by atoms with E-state index in [0.717, 1.165) is 0 Å². The van der Waals surface area contributed by atoms with Crippen LogP contribution >= 0.6 is 0 Å². The monoisotopic (exact) mass is 258 g/mol. The Bertz CT molecular complexity index is 749. The Morgan fingerprint density at radius 2 is 1.45 bits per heavy atom. The number of fused-ring (bicyclic) bond motifs is 2. The van der Waals surface area contributed by atoms with E-state index in [-0.39, 0.29) is 0 Å². The summed E-state index contributed by atoms with van der Waals surface area (Å²) in [7, 11) is 0. The van der Waals surface area contributed by atoms with Gasteiger partial charge in [-0.15, -0.1) is 0 Å². The molecule has 1 unspecified atom stereocenters. The highest BCUT2D eigenvalue weighted by molar-refractivity contribution is 5.86. The Balaban J connectivity index is 1.93. The normalized spacial score (nSPS) is 17.9. The van der Waals surface area contributed by atoms with E-state index >= 15 is 0 Å². The van der Waals surface area contributed by atoms with Crippen LogP contribution in [0.25, 0.3) is 10.8 Å². The van der Waals surface area contributed by atoms with Gasteiger partial charge in [-0.25, -0.2) is 0 Å². The van der Waals surface area contributed by atoms with Crippen LogP contribution in [-0.2, 0) is 6.42 Å². The highest BCUT2D eigenvalue weighted by Crippen LogP contribution is 2.39. The van der Waals surface area contributed by atoms with Gasteiger partial charge in [0.2, 0.25) is 0 Å². The van der Waals surface area contributed by atoms with E-state index < -0.39 is 0 Å². The number of hydrogen-bond acceptors (Lipinski definition) is 0. The van der Waals surface area contributed by atoms with Crippen LogP contribution in [-0.4, -0.2) is 0 Å². The highest BCUT2D eigenvalue weighted by Gasteiger charge is 2.22. The Hall–Kier alpha value is -2.08. The van der Waals surface area contributed by atoms with Crippen molar-refractivity contribution in [1.82, 2.24) is 0 Å². The van der Waals surface area contributed by atoms with Gasteiger partial charge in [0, 0.05) is 5.92 Å². The maximum Gasteiger partial charge on any atom is 0.00983 e. The summed E-state index contributed by atoms with van der Waals surface area (Å²) >= 11 is 0. The first-order valence-electron chi connectivity index (χ1n) is 7.49. The first-order chi connectivity index (χ1) is 9.93. The fourth-order valence-electron chi connectivity index (χ4n) is 3.63. The van der Waals surface area contributed by atoms with Crippen LogP contribution in [0.3, 0.4) is 0 Å². The number of rotatable bonds is 1. The Morgan fingerprint density at radius 3 is 2.45 bits per heavy atom. The summed E-state index contributed by atoms with van der Waals surface area (Å²) in [5.41, 5.74) is 4.57. The lowest BCUT2D eigenvalue weighted by Gasteiger charge is -2.27. The molecule has 3 aromatic carbocycles. The number of benzene rings is 3. The molecule has 0 fully saturated rings. The Labute approximate surface area is 120 Å². The van der Waals surface area contributed by atoms with Crippen molar-refractivity contribution in [2.24, 2.45) is 0 Å². The minimum absolute atomic E-state index is 0.561.